The van der Waals surface area contributed by atoms with Crippen LogP contribution in [0.15, 0.2) is 58.5 Å². The number of rotatable bonds is 7. The molecule has 0 unspecified atom stereocenters. The van der Waals surface area contributed by atoms with E-state index >= 15 is 0 Å². The number of anilines is 1. The van der Waals surface area contributed by atoms with Gasteiger partial charge in [0.1, 0.15) is 0 Å². The van der Waals surface area contributed by atoms with Gasteiger partial charge in [0, 0.05) is 17.3 Å². The molecule has 0 fully saturated rings. The molecule has 3 aromatic rings. The van der Waals surface area contributed by atoms with Gasteiger partial charge in [-0.1, -0.05) is 54.9 Å². The number of aromatic nitrogens is 2. The minimum atomic E-state index is -0.431. The Hall–Kier alpha value is -2.31. The number of halogens is 1. The number of fused-ring (bicyclic) bond motifs is 1. The largest absolute Gasteiger partial charge is 0.325 e. The summed E-state index contributed by atoms with van der Waals surface area (Å²) in [5.41, 5.74) is 1.22. The van der Waals surface area contributed by atoms with Gasteiger partial charge in [-0.2, -0.15) is 0 Å². The van der Waals surface area contributed by atoms with Gasteiger partial charge in [0.25, 0.3) is 5.56 Å². The van der Waals surface area contributed by atoms with Crippen molar-refractivity contribution >= 4 is 45.9 Å². The van der Waals surface area contributed by atoms with Gasteiger partial charge in [0.2, 0.25) is 5.91 Å². The third-order valence-corrected chi connectivity index (χ3v) is 5.63. The van der Waals surface area contributed by atoms with Gasteiger partial charge in [-0.3, -0.25) is 14.2 Å². The standard InChI is InChI=1S/C21H22ClN3O2S/c1-3-4-12-25-20(27)17-10-5-6-11-18(17)24-21(25)28-14(2)19(26)23-16-9-7-8-15(22)13-16/h5-11,13-14H,3-4,12H2,1-2H3,(H,23,26)/t14-/m0/s1. The van der Waals surface area contributed by atoms with Crippen molar-refractivity contribution in [3.05, 3.63) is 63.9 Å². The van der Waals surface area contributed by atoms with Crippen LogP contribution in [0.3, 0.4) is 0 Å². The highest BCUT2D eigenvalue weighted by atomic mass is 35.5. The molecule has 7 heteroatoms. The fourth-order valence-electron chi connectivity index (χ4n) is 2.77. The number of hydrogen-bond donors (Lipinski definition) is 1. The summed E-state index contributed by atoms with van der Waals surface area (Å²) in [5, 5.41) is 4.14. The van der Waals surface area contributed by atoms with E-state index in [1.807, 2.05) is 18.2 Å². The Bertz CT molecular complexity index is 1050. The number of hydrogen-bond acceptors (Lipinski definition) is 4. The average molecular weight is 416 g/mol. The first kappa shape index (κ1) is 20.4. The molecule has 1 N–H and O–H groups in total. The average Bonchev–Trinajstić information content (AvgIpc) is 2.68. The van der Waals surface area contributed by atoms with Gasteiger partial charge in [-0.25, -0.2) is 4.98 Å². The summed E-state index contributed by atoms with van der Waals surface area (Å²) in [6.45, 7) is 4.46. The normalized spacial score (nSPS) is 12.1. The van der Waals surface area contributed by atoms with Crippen LogP contribution in [0.1, 0.15) is 26.7 Å². The summed E-state index contributed by atoms with van der Waals surface area (Å²) in [5.74, 6) is -0.170. The molecule has 1 heterocycles. The van der Waals surface area contributed by atoms with Crippen molar-refractivity contribution in [1.29, 1.82) is 0 Å². The van der Waals surface area contributed by atoms with Crippen LogP contribution in [0.25, 0.3) is 10.9 Å². The third-order valence-electron chi connectivity index (χ3n) is 4.31. The van der Waals surface area contributed by atoms with E-state index in [1.165, 1.54) is 11.8 Å². The van der Waals surface area contributed by atoms with Crippen LogP contribution in [0.4, 0.5) is 5.69 Å². The van der Waals surface area contributed by atoms with E-state index in [2.05, 4.69) is 17.2 Å². The molecule has 0 aliphatic carbocycles. The second-order valence-electron chi connectivity index (χ2n) is 6.48. The van der Waals surface area contributed by atoms with Gasteiger partial charge < -0.3 is 5.32 Å². The predicted octanol–water partition coefficient (Wildman–Crippen LogP) is 4.97. The van der Waals surface area contributed by atoms with E-state index in [9.17, 15) is 9.59 Å². The lowest BCUT2D eigenvalue weighted by atomic mass is 10.2. The maximum absolute atomic E-state index is 12.9. The van der Waals surface area contributed by atoms with Crippen LogP contribution < -0.4 is 10.9 Å². The molecule has 28 heavy (non-hydrogen) atoms. The molecule has 1 amide bonds. The molecular weight excluding hydrogens is 394 g/mol. The molecule has 5 nitrogen and oxygen atoms in total. The lowest BCUT2D eigenvalue weighted by molar-refractivity contribution is -0.115. The van der Waals surface area contributed by atoms with Crippen LogP contribution in [0, 0.1) is 0 Å². The summed E-state index contributed by atoms with van der Waals surface area (Å²) in [6.07, 6.45) is 1.84. The van der Waals surface area contributed by atoms with E-state index in [0.29, 0.717) is 33.3 Å². The summed E-state index contributed by atoms with van der Waals surface area (Å²) in [7, 11) is 0. The lowest BCUT2D eigenvalue weighted by Gasteiger charge is -2.16. The number of unbranched alkanes of at least 4 members (excludes halogenated alkanes) is 1. The second-order valence-corrected chi connectivity index (χ2v) is 8.23. The number of nitrogens with one attached hydrogen (secondary N) is 1. The van der Waals surface area contributed by atoms with E-state index in [0.717, 1.165) is 12.8 Å². The maximum Gasteiger partial charge on any atom is 0.262 e. The minimum Gasteiger partial charge on any atom is -0.325 e. The van der Waals surface area contributed by atoms with Crippen LogP contribution in [0.5, 0.6) is 0 Å². The molecule has 0 radical (unpaired) electrons. The maximum atomic E-state index is 12.9. The molecule has 0 spiro atoms. The Balaban J connectivity index is 1.87. The summed E-state index contributed by atoms with van der Waals surface area (Å²) < 4.78 is 1.68. The number of amides is 1. The second kappa shape index (κ2) is 9.26. The molecule has 146 valence electrons. The topological polar surface area (TPSA) is 64.0 Å². The van der Waals surface area contributed by atoms with Crippen molar-refractivity contribution in [2.45, 2.75) is 43.6 Å². The number of carbonyl (C=O) groups excluding carboxylic acids is 1. The summed E-state index contributed by atoms with van der Waals surface area (Å²) in [6, 6.07) is 14.3. The van der Waals surface area contributed by atoms with Crippen LogP contribution in [-0.4, -0.2) is 20.7 Å². The highest BCUT2D eigenvalue weighted by molar-refractivity contribution is 8.00. The van der Waals surface area contributed by atoms with Crippen LogP contribution in [0.2, 0.25) is 5.02 Å². The first-order valence-electron chi connectivity index (χ1n) is 9.22. The highest BCUT2D eigenvalue weighted by Crippen LogP contribution is 2.24. The smallest absolute Gasteiger partial charge is 0.262 e. The number of thioether (sulfide) groups is 1. The van der Waals surface area contributed by atoms with Gasteiger partial charge in [-0.15, -0.1) is 0 Å². The number of carbonyl (C=O) groups is 1. The molecule has 0 saturated heterocycles. The van der Waals surface area contributed by atoms with Crippen molar-refractivity contribution in [2.24, 2.45) is 0 Å². The molecule has 0 aliphatic heterocycles. The summed E-state index contributed by atoms with van der Waals surface area (Å²) in [4.78, 5) is 30.2. The molecule has 0 bridgehead atoms. The Labute approximate surface area is 173 Å². The first-order valence-corrected chi connectivity index (χ1v) is 10.5. The first-order chi connectivity index (χ1) is 13.5. The van der Waals surface area contributed by atoms with Crippen molar-refractivity contribution in [3.8, 4) is 0 Å². The quantitative estimate of drug-likeness (QED) is 0.437. The summed E-state index contributed by atoms with van der Waals surface area (Å²) >= 11 is 7.26. The monoisotopic (exact) mass is 415 g/mol. The van der Waals surface area contributed by atoms with E-state index in [-0.39, 0.29) is 11.5 Å². The third kappa shape index (κ3) is 4.75. The zero-order chi connectivity index (χ0) is 20.1. The minimum absolute atomic E-state index is 0.0657. The van der Waals surface area contributed by atoms with Crippen molar-refractivity contribution in [2.75, 3.05) is 5.32 Å². The van der Waals surface area contributed by atoms with Crippen molar-refractivity contribution < 1.29 is 4.79 Å². The van der Waals surface area contributed by atoms with Crippen LogP contribution in [-0.2, 0) is 11.3 Å². The Morgan fingerprint density at radius 3 is 2.79 bits per heavy atom. The van der Waals surface area contributed by atoms with Crippen LogP contribution >= 0.6 is 23.4 Å². The number of nitrogens with zero attached hydrogens (tertiary/aromatic N) is 2. The molecular formula is C21H22ClN3O2S. The van der Waals surface area contributed by atoms with E-state index < -0.39 is 5.25 Å². The van der Waals surface area contributed by atoms with E-state index in [1.54, 1.807) is 41.8 Å². The lowest BCUT2D eigenvalue weighted by Crippen LogP contribution is -2.27. The van der Waals surface area contributed by atoms with Crippen molar-refractivity contribution in [3.63, 3.8) is 0 Å². The van der Waals surface area contributed by atoms with E-state index in [4.69, 9.17) is 11.6 Å². The fourth-order valence-corrected chi connectivity index (χ4v) is 3.90. The molecule has 2 aromatic carbocycles. The Morgan fingerprint density at radius 1 is 1.25 bits per heavy atom. The predicted molar refractivity (Wildman–Crippen MR) is 116 cm³/mol. The molecule has 0 saturated carbocycles. The van der Waals surface area contributed by atoms with Crippen molar-refractivity contribution in [1.82, 2.24) is 9.55 Å². The molecule has 1 atom stereocenters. The van der Waals surface area contributed by atoms with Gasteiger partial charge in [-0.05, 0) is 43.7 Å². The zero-order valence-corrected chi connectivity index (χ0v) is 17.4. The van der Waals surface area contributed by atoms with Gasteiger partial charge in [0.05, 0.1) is 16.2 Å². The SMILES string of the molecule is CCCCn1c(S[C@@H](C)C(=O)Nc2cccc(Cl)c2)nc2ccccc2c1=O. The van der Waals surface area contributed by atoms with Gasteiger partial charge in [0.15, 0.2) is 5.16 Å². The van der Waals surface area contributed by atoms with Gasteiger partial charge >= 0.3 is 0 Å². The Morgan fingerprint density at radius 2 is 2.04 bits per heavy atom. The molecule has 3 rings (SSSR count). The highest BCUT2D eigenvalue weighted by Gasteiger charge is 2.19. The molecule has 0 aliphatic rings. The number of benzene rings is 2. The Kier molecular flexibility index (Phi) is 6.75. The zero-order valence-electron chi connectivity index (χ0n) is 15.8. The fraction of sp³-hybridized carbons (Fsp3) is 0.286. The number of para-hydroxylation sites is 1. The molecule has 1 aromatic heterocycles.